The lowest BCUT2D eigenvalue weighted by Gasteiger charge is -1.98. The minimum absolute atomic E-state index is 0.257. The van der Waals surface area contributed by atoms with E-state index in [0.29, 0.717) is 0 Å². The number of aromatic amines is 1. The first-order valence-electron chi connectivity index (χ1n) is 4.34. The number of nitrogens with one attached hydrogen (secondary N) is 1. The molecule has 0 aliphatic heterocycles. The maximum Gasteiger partial charge on any atom is 0.314 e. The Labute approximate surface area is 86.8 Å². The molecular formula is C10H10N2OS. The Morgan fingerprint density at radius 1 is 1.50 bits per heavy atom. The van der Waals surface area contributed by atoms with Crippen LogP contribution in [0.15, 0.2) is 28.8 Å². The van der Waals surface area contributed by atoms with E-state index in [4.69, 9.17) is 16.7 Å². The third-order valence-corrected chi connectivity index (χ3v) is 2.11. The number of aryl methyl sites for hydroxylation is 1. The summed E-state index contributed by atoms with van der Waals surface area (Å²) < 4.78 is 4.85. The molecule has 0 unspecified atom stereocenters. The Hall–Kier alpha value is -1.42. The lowest BCUT2D eigenvalue weighted by Crippen LogP contribution is -1.90. The van der Waals surface area contributed by atoms with Gasteiger partial charge in [0.15, 0.2) is 0 Å². The summed E-state index contributed by atoms with van der Waals surface area (Å²) in [5.41, 5.74) is 2.44. The molecule has 0 radical (unpaired) electrons. The maximum absolute atomic E-state index is 4.85. The van der Waals surface area contributed by atoms with Gasteiger partial charge >= 0.3 is 4.84 Å². The highest BCUT2D eigenvalue weighted by atomic mass is 32.1. The quantitative estimate of drug-likeness (QED) is 0.768. The molecule has 1 aromatic heterocycles. The molecule has 0 saturated carbocycles. The van der Waals surface area contributed by atoms with Gasteiger partial charge in [-0.25, -0.2) is 5.16 Å². The van der Waals surface area contributed by atoms with Crippen LogP contribution in [0.5, 0.6) is 0 Å². The molecule has 0 atom stereocenters. The highest BCUT2D eigenvalue weighted by Crippen LogP contribution is 2.07. The van der Waals surface area contributed by atoms with Gasteiger partial charge in [-0.1, -0.05) is 29.8 Å². The molecule has 72 valence electrons. The van der Waals surface area contributed by atoms with E-state index in [1.807, 2.05) is 6.07 Å². The van der Waals surface area contributed by atoms with Gasteiger partial charge in [0.2, 0.25) is 0 Å². The van der Waals surface area contributed by atoms with E-state index in [2.05, 4.69) is 35.3 Å². The van der Waals surface area contributed by atoms with Crippen LogP contribution < -0.4 is 0 Å². The Balaban J connectivity index is 2.22. The minimum Gasteiger partial charge on any atom is -0.348 e. The maximum atomic E-state index is 4.85. The Kier molecular flexibility index (Phi) is 2.45. The minimum atomic E-state index is 0.257. The highest BCUT2D eigenvalue weighted by molar-refractivity contribution is 7.71. The van der Waals surface area contributed by atoms with Crippen LogP contribution >= 0.6 is 12.2 Å². The highest BCUT2D eigenvalue weighted by Gasteiger charge is 2.00. The van der Waals surface area contributed by atoms with Crippen molar-refractivity contribution in [2.75, 3.05) is 0 Å². The molecule has 0 aliphatic carbocycles. The molecular weight excluding hydrogens is 196 g/mol. The monoisotopic (exact) mass is 206 g/mol. The molecule has 0 spiro atoms. The van der Waals surface area contributed by atoms with Crippen molar-refractivity contribution >= 4 is 12.2 Å². The molecule has 0 fully saturated rings. The lowest BCUT2D eigenvalue weighted by molar-refractivity contribution is 0.399. The van der Waals surface area contributed by atoms with Crippen molar-refractivity contribution in [1.29, 1.82) is 0 Å². The first-order chi connectivity index (χ1) is 6.74. The molecule has 2 rings (SSSR count). The zero-order valence-corrected chi connectivity index (χ0v) is 8.60. The summed E-state index contributed by atoms with van der Waals surface area (Å²) in [6.45, 7) is 2.06. The number of hydrogen-bond donors (Lipinski definition) is 1. The van der Waals surface area contributed by atoms with E-state index in [9.17, 15) is 0 Å². The number of hydrogen-bond acceptors (Lipinski definition) is 3. The largest absolute Gasteiger partial charge is 0.348 e. The van der Waals surface area contributed by atoms with Crippen molar-refractivity contribution in [1.82, 2.24) is 10.1 Å². The first-order valence-corrected chi connectivity index (χ1v) is 4.75. The van der Waals surface area contributed by atoms with Crippen molar-refractivity contribution in [3.05, 3.63) is 46.1 Å². The fourth-order valence-corrected chi connectivity index (χ4v) is 1.50. The van der Waals surface area contributed by atoms with E-state index < -0.39 is 0 Å². The molecule has 1 aromatic carbocycles. The fraction of sp³-hybridized carbons (Fsp3) is 0.200. The second-order valence-corrected chi connectivity index (χ2v) is 3.54. The summed E-state index contributed by atoms with van der Waals surface area (Å²) in [5.74, 6) is 0.764. The van der Waals surface area contributed by atoms with Crippen LogP contribution in [-0.4, -0.2) is 10.1 Å². The van der Waals surface area contributed by atoms with Gasteiger partial charge in [-0.3, -0.25) is 0 Å². The standard InChI is InChI=1S/C10H10N2OS/c1-7-3-2-4-8(5-7)6-9-11-10(14)13-12-9/h2-5H,6H2,1H3,(H,11,12,14). The topological polar surface area (TPSA) is 41.8 Å². The Morgan fingerprint density at radius 2 is 2.36 bits per heavy atom. The molecule has 0 saturated heterocycles. The molecule has 14 heavy (non-hydrogen) atoms. The van der Waals surface area contributed by atoms with Gasteiger partial charge in [-0.05, 0) is 24.7 Å². The Morgan fingerprint density at radius 3 is 3.00 bits per heavy atom. The average molecular weight is 206 g/mol. The molecule has 0 bridgehead atoms. The Bertz CT molecular complexity index is 487. The smallest absolute Gasteiger partial charge is 0.314 e. The number of aromatic nitrogens is 2. The number of benzene rings is 1. The summed E-state index contributed by atoms with van der Waals surface area (Å²) in [5, 5.41) is 2.68. The molecule has 0 amide bonds. The van der Waals surface area contributed by atoms with Gasteiger partial charge in [-0.2, -0.15) is 4.98 Å². The predicted octanol–water partition coefficient (Wildman–Crippen LogP) is 2.63. The average Bonchev–Trinajstić information content (AvgIpc) is 2.51. The van der Waals surface area contributed by atoms with Crippen molar-refractivity contribution in [2.24, 2.45) is 0 Å². The number of rotatable bonds is 2. The van der Waals surface area contributed by atoms with Crippen LogP contribution in [0.25, 0.3) is 0 Å². The SMILES string of the molecule is Cc1cccc(Cc2nc(=S)o[nH]2)c1. The van der Waals surface area contributed by atoms with Crippen LogP contribution in [0.4, 0.5) is 0 Å². The van der Waals surface area contributed by atoms with Gasteiger partial charge in [0, 0.05) is 6.42 Å². The number of nitrogens with zero attached hydrogens (tertiary/aromatic N) is 1. The second kappa shape index (κ2) is 3.75. The molecule has 0 aliphatic rings. The zero-order chi connectivity index (χ0) is 9.97. The summed E-state index contributed by atoms with van der Waals surface area (Å²) in [6, 6.07) is 8.26. The summed E-state index contributed by atoms with van der Waals surface area (Å²) in [7, 11) is 0. The normalized spacial score (nSPS) is 10.4. The van der Waals surface area contributed by atoms with Crippen molar-refractivity contribution in [3.63, 3.8) is 0 Å². The van der Waals surface area contributed by atoms with Crippen LogP contribution in [-0.2, 0) is 6.42 Å². The van der Waals surface area contributed by atoms with E-state index in [-0.39, 0.29) is 4.84 Å². The molecule has 3 nitrogen and oxygen atoms in total. The lowest BCUT2D eigenvalue weighted by atomic mass is 10.1. The van der Waals surface area contributed by atoms with E-state index in [1.54, 1.807) is 0 Å². The van der Waals surface area contributed by atoms with Gasteiger partial charge in [0.05, 0.1) is 0 Å². The van der Waals surface area contributed by atoms with Crippen LogP contribution in [0.2, 0.25) is 0 Å². The van der Waals surface area contributed by atoms with Crippen molar-refractivity contribution < 1.29 is 4.52 Å². The van der Waals surface area contributed by atoms with Crippen LogP contribution in [0.1, 0.15) is 17.0 Å². The molecule has 4 heteroatoms. The summed E-state index contributed by atoms with van der Waals surface area (Å²) >= 11 is 4.77. The van der Waals surface area contributed by atoms with Crippen molar-refractivity contribution in [2.45, 2.75) is 13.3 Å². The van der Waals surface area contributed by atoms with Crippen LogP contribution in [0.3, 0.4) is 0 Å². The first kappa shape index (κ1) is 9.15. The second-order valence-electron chi connectivity index (χ2n) is 3.19. The van der Waals surface area contributed by atoms with E-state index >= 15 is 0 Å². The molecule has 1 N–H and O–H groups in total. The number of H-pyrrole nitrogens is 1. The molecule has 1 heterocycles. The van der Waals surface area contributed by atoms with Gasteiger partial charge in [0.25, 0.3) is 0 Å². The third kappa shape index (κ3) is 2.09. The van der Waals surface area contributed by atoms with Gasteiger partial charge < -0.3 is 4.52 Å². The van der Waals surface area contributed by atoms with Crippen LogP contribution in [0, 0.1) is 11.8 Å². The molecule has 2 aromatic rings. The summed E-state index contributed by atoms with van der Waals surface area (Å²) in [4.78, 5) is 4.29. The van der Waals surface area contributed by atoms with Crippen molar-refractivity contribution in [3.8, 4) is 0 Å². The summed E-state index contributed by atoms with van der Waals surface area (Å²) in [6.07, 6.45) is 0.724. The predicted molar refractivity (Wildman–Crippen MR) is 55.7 cm³/mol. The zero-order valence-electron chi connectivity index (χ0n) is 7.78. The third-order valence-electron chi connectivity index (χ3n) is 1.94. The van der Waals surface area contributed by atoms with Gasteiger partial charge in [-0.15, -0.1) is 0 Å². The fourth-order valence-electron chi connectivity index (χ4n) is 1.35. The van der Waals surface area contributed by atoms with E-state index in [1.165, 1.54) is 11.1 Å². The van der Waals surface area contributed by atoms with Gasteiger partial charge in [0.1, 0.15) is 5.82 Å². The van der Waals surface area contributed by atoms with E-state index in [0.717, 1.165) is 12.2 Å².